The molecule has 20 heavy (non-hydrogen) atoms. The minimum Gasteiger partial charge on any atom is -0.394 e. The van der Waals surface area contributed by atoms with Crippen LogP contribution in [0.15, 0.2) is 0 Å². The summed E-state index contributed by atoms with van der Waals surface area (Å²) in [5, 5.41) is 12.2. The van der Waals surface area contributed by atoms with Crippen LogP contribution in [0.1, 0.15) is 51.4 Å². The Bertz CT molecular complexity index is 340. The maximum absolute atomic E-state index is 12.1. The van der Waals surface area contributed by atoms with Crippen molar-refractivity contribution in [3.8, 4) is 0 Å². The first-order valence-electron chi connectivity index (χ1n) is 7.90. The van der Waals surface area contributed by atoms with Crippen molar-refractivity contribution < 1.29 is 14.7 Å². The van der Waals surface area contributed by atoms with E-state index >= 15 is 0 Å². The summed E-state index contributed by atoms with van der Waals surface area (Å²) in [4.78, 5) is 25.8. The number of rotatable bonds is 5. The third-order valence-electron chi connectivity index (χ3n) is 4.52. The van der Waals surface area contributed by atoms with Crippen molar-refractivity contribution >= 4 is 11.8 Å². The van der Waals surface area contributed by atoms with Crippen LogP contribution < -0.4 is 5.32 Å². The second kappa shape index (κ2) is 7.62. The third kappa shape index (κ3) is 3.95. The lowest BCUT2D eigenvalue weighted by Gasteiger charge is -2.34. The first-order valence-corrected chi connectivity index (χ1v) is 7.90. The smallest absolute Gasteiger partial charge is 0.224 e. The summed E-state index contributed by atoms with van der Waals surface area (Å²) in [5.74, 6) is 0.313. The molecule has 0 aromatic heterocycles. The highest BCUT2D eigenvalue weighted by Crippen LogP contribution is 2.24. The molecule has 1 aliphatic carbocycles. The molecule has 5 nitrogen and oxygen atoms in total. The Morgan fingerprint density at radius 3 is 2.50 bits per heavy atom. The Kier molecular flexibility index (Phi) is 5.83. The molecule has 114 valence electrons. The molecule has 2 aliphatic rings. The molecule has 0 bridgehead atoms. The van der Waals surface area contributed by atoms with E-state index in [4.69, 9.17) is 0 Å². The number of hydrogen-bond donors (Lipinski definition) is 2. The Morgan fingerprint density at radius 2 is 1.80 bits per heavy atom. The lowest BCUT2D eigenvalue weighted by molar-refractivity contribution is -0.136. The van der Waals surface area contributed by atoms with Crippen molar-refractivity contribution in [1.82, 2.24) is 10.2 Å². The van der Waals surface area contributed by atoms with E-state index in [9.17, 15) is 14.7 Å². The molecule has 1 heterocycles. The van der Waals surface area contributed by atoms with Gasteiger partial charge in [-0.1, -0.05) is 12.8 Å². The molecule has 1 atom stereocenters. The molecule has 0 radical (unpaired) electrons. The van der Waals surface area contributed by atoms with Gasteiger partial charge in [0.2, 0.25) is 11.8 Å². The van der Waals surface area contributed by atoms with E-state index in [0.717, 1.165) is 51.5 Å². The van der Waals surface area contributed by atoms with Gasteiger partial charge in [0.25, 0.3) is 0 Å². The van der Waals surface area contributed by atoms with Gasteiger partial charge in [0.15, 0.2) is 0 Å². The number of aliphatic hydroxyl groups excluding tert-OH is 1. The summed E-state index contributed by atoms with van der Waals surface area (Å²) in [6.45, 7) is 1.20. The van der Waals surface area contributed by atoms with E-state index < -0.39 is 0 Å². The lowest BCUT2D eigenvalue weighted by Crippen LogP contribution is -2.46. The molecule has 5 heteroatoms. The molecular weight excluding hydrogens is 256 g/mol. The zero-order valence-corrected chi connectivity index (χ0v) is 12.1. The minimum absolute atomic E-state index is 0.0261. The van der Waals surface area contributed by atoms with Crippen molar-refractivity contribution in [2.45, 2.75) is 57.4 Å². The summed E-state index contributed by atoms with van der Waals surface area (Å²) in [6, 6.07) is -0.0261. The highest BCUT2D eigenvalue weighted by atomic mass is 16.3. The monoisotopic (exact) mass is 282 g/mol. The number of nitrogens with zero attached hydrogens (tertiary/aromatic N) is 1. The molecule has 1 saturated heterocycles. The second-order valence-electron chi connectivity index (χ2n) is 5.94. The van der Waals surface area contributed by atoms with Crippen molar-refractivity contribution in [3.63, 3.8) is 0 Å². The number of aliphatic hydroxyl groups is 1. The maximum Gasteiger partial charge on any atom is 0.224 e. The lowest BCUT2D eigenvalue weighted by atomic mass is 10.0. The fourth-order valence-corrected chi connectivity index (χ4v) is 3.29. The summed E-state index contributed by atoms with van der Waals surface area (Å²) < 4.78 is 0. The van der Waals surface area contributed by atoms with Gasteiger partial charge in [0.1, 0.15) is 0 Å². The SMILES string of the molecule is O=C(NCCC(=O)N1CCCCC1CO)C1CCCC1. The van der Waals surface area contributed by atoms with E-state index in [2.05, 4.69) is 5.32 Å². The van der Waals surface area contributed by atoms with E-state index in [1.807, 2.05) is 0 Å². The van der Waals surface area contributed by atoms with Crippen LogP contribution in [-0.4, -0.2) is 47.6 Å². The Hall–Kier alpha value is -1.10. The molecule has 2 amide bonds. The normalized spacial score (nSPS) is 23.9. The van der Waals surface area contributed by atoms with Crippen molar-refractivity contribution in [1.29, 1.82) is 0 Å². The molecule has 0 aromatic carbocycles. The number of hydrogen-bond acceptors (Lipinski definition) is 3. The topological polar surface area (TPSA) is 69.6 Å². The number of amides is 2. The Morgan fingerprint density at radius 1 is 1.10 bits per heavy atom. The van der Waals surface area contributed by atoms with Crippen molar-refractivity contribution in [2.24, 2.45) is 5.92 Å². The van der Waals surface area contributed by atoms with E-state index in [0.29, 0.717) is 13.0 Å². The number of carbonyl (C=O) groups is 2. The summed E-state index contributed by atoms with van der Waals surface area (Å²) in [7, 11) is 0. The van der Waals surface area contributed by atoms with Gasteiger partial charge in [0, 0.05) is 25.4 Å². The quantitative estimate of drug-likeness (QED) is 0.792. The van der Waals surface area contributed by atoms with Crippen molar-refractivity contribution in [3.05, 3.63) is 0 Å². The highest BCUT2D eigenvalue weighted by molar-refractivity contribution is 5.80. The number of nitrogens with one attached hydrogen (secondary N) is 1. The Balaban J connectivity index is 1.69. The van der Waals surface area contributed by atoms with Gasteiger partial charge in [0.05, 0.1) is 12.6 Å². The van der Waals surface area contributed by atoms with Crippen LogP contribution in [0.3, 0.4) is 0 Å². The zero-order valence-electron chi connectivity index (χ0n) is 12.1. The maximum atomic E-state index is 12.1. The van der Waals surface area contributed by atoms with Crippen LogP contribution in [0.4, 0.5) is 0 Å². The van der Waals surface area contributed by atoms with Gasteiger partial charge < -0.3 is 15.3 Å². The molecule has 2 rings (SSSR count). The number of piperidine rings is 1. The molecular formula is C15H26N2O3. The van der Waals surface area contributed by atoms with E-state index in [-0.39, 0.29) is 30.4 Å². The molecule has 2 fully saturated rings. The van der Waals surface area contributed by atoms with Crippen LogP contribution in [0.5, 0.6) is 0 Å². The highest BCUT2D eigenvalue weighted by Gasteiger charge is 2.26. The second-order valence-corrected chi connectivity index (χ2v) is 5.94. The summed E-state index contributed by atoms with van der Waals surface area (Å²) >= 11 is 0. The van der Waals surface area contributed by atoms with Gasteiger partial charge in [-0.15, -0.1) is 0 Å². The van der Waals surface area contributed by atoms with E-state index in [1.54, 1.807) is 4.90 Å². The fourth-order valence-electron chi connectivity index (χ4n) is 3.29. The standard InChI is InChI=1S/C15H26N2O3/c18-11-13-7-3-4-10-17(13)14(19)8-9-16-15(20)12-5-1-2-6-12/h12-13,18H,1-11H2,(H,16,20). The van der Waals surface area contributed by atoms with Crippen LogP contribution in [-0.2, 0) is 9.59 Å². The van der Waals surface area contributed by atoms with Crippen LogP contribution >= 0.6 is 0 Å². The molecule has 1 saturated carbocycles. The molecule has 0 spiro atoms. The molecule has 1 aliphatic heterocycles. The van der Waals surface area contributed by atoms with Crippen LogP contribution in [0.2, 0.25) is 0 Å². The molecule has 2 N–H and O–H groups in total. The predicted octanol–water partition coefficient (Wildman–Crippen LogP) is 1.06. The Labute approximate surface area is 120 Å². The number of carbonyl (C=O) groups excluding carboxylic acids is 2. The molecule has 1 unspecified atom stereocenters. The predicted molar refractivity (Wildman–Crippen MR) is 76.0 cm³/mol. The van der Waals surface area contributed by atoms with E-state index in [1.165, 1.54) is 0 Å². The van der Waals surface area contributed by atoms with Gasteiger partial charge in [-0.3, -0.25) is 9.59 Å². The first-order chi connectivity index (χ1) is 9.72. The number of likely N-dealkylation sites (tertiary alicyclic amines) is 1. The van der Waals surface area contributed by atoms with Gasteiger partial charge >= 0.3 is 0 Å². The van der Waals surface area contributed by atoms with Gasteiger partial charge in [-0.05, 0) is 32.1 Å². The first kappa shape index (κ1) is 15.3. The third-order valence-corrected chi connectivity index (χ3v) is 4.52. The zero-order chi connectivity index (χ0) is 14.4. The fraction of sp³-hybridized carbons (Fsp3) is 0.867. The van der Waals surface area contributed by atoms with Crippen molar-refractivity contribution in [2.75, 3.05) is 19.7 Å². The average Bonchev–Trinajstić information content (AvgIpc) is 3.01. The average molecular weight is 282 g/mol. The van der Waals surface area contributed by atoms with Crippen LogP contribution in [0.25, 0.3) is 0 Å². The molecule has 0 aromatic rings. The largest absolute Gasteiger partial charge is 0.394 e. The van der Waals surface area contributed by atoms with Gasteiger partial charge in [-0.25, -0.2) is 0 Å². The van der Waals surface area contributed by atoms with Gasteiger partial charge in [-0.2, -0.15) is 0 Å². The summed E-state index contributed by atoms with van der Waals surface area (Å²) in [6.07, 6.45) is 7.57. The van der Waals surface area contributed by atoms with Crippen LogP contribution in [0, 0.1) is 5.92 Å². The minimum atomic E-state index is -0.0261. The summed E-state index contributed by atoms with van der Waals surface area (Å²) in [5.41, 5.74) is 0.